The van der Waals surface area contributed by atoms with Gasteiger partial charge >= 0.3 is 11.9 Å². The van der Waals surface area contributed by atoms with E-state index in [1.807, 2.05) is 12.1 Å². The Bertz CT molecular complexity index is 2270. The number of nitrogens with one attached hydrogen (secondary N) is 1. The third kappa shape index (κ3) is 12.2. The van der Waals surface area contributed by atoms with E-state index in [1.165, 1.54) is 42.3 Å². The monoisotopic (exact) mass is 904 g/mol. The minimum absolute atomic E-state index is 0.00824. The number of thiol groups is 1. The number of carbonyl (C=O) groups is 4. The van der Waals surface area contributed by atoms with E-state index in [0.717, 1.165) is 43.7 Å². The number of fused-ring (bicyclic) bond motifs is 2. The molecule has 0 saturated carbocycles. The SMILES string of the molecule is CCCCCCC(CCCC(C(=O)O)C(C)OC(=O)C(Cc1cccc(S(C)(=O)=O)c1)NC(=O)c1c(Cl)cc2c(c1Cl)CCN(C(=O)c1ccc3ccoc3c1)C2)SS. The lowest BCUT2D eigenvalue weighted by molar-refractivity contribution is -0.159. The molecule has 2 N–H and O–H groups in total. The Morgan fingerprint density at radius 1 is 1.02 bits per heavy atom. The van der Waals surface area contributed by atoms with Crippen molar-refractivity contribution in [1.82, 2.24) is 10.2 Å². The molecule has 1 aliphatic heterocycles. The number of sulfone groups is 1. The molecule has 2 heterocycles. The fourth-order valence-corrected chi connectivity index (χ4v) is 10.0. The summed E-state index contributed by atoms with van der Waals surface area (Å²) in [6, 6.07) is 13.2. The first-order valence-corrected chi connectivity index (χ1v) is 24.3. The number of rotatable bonds is 20. The van der Waals surface area contributed by atoms with E-state index in [-0.39, 0.29) is 51.0 Å². The van der Waals surface area contributed by atoms with Crippen LogP contribution in [-0.4, -0.2) is 72.4 Å². The molecule has 59 heavy (non-hydrogen) atoms. The molecule has 1 aliphatic rings. The number of carboxylic acids is 1. The van der Waals surface area contributed by atoms with Gasteiger partial charge in [-0.3, -0.25) is 14.4 Å². The number of hydrogen-bond donors (Lipinski definition) is 3. The Morgan fingerprint density at radius 3 is 2.49 bits per heavy atom. The van der Waals surface area contributed by atoms with Crippen LogP contribution in [0.3, 0.4) is 0 Å². The number of esters is 1. The van der Waals surface area contributed by atoms with E-state index in [1.54, 1.807) is 35.4 Å². The van der Waals surface area contributed by atoms with Gasteiger partial charge in [-0.2, -0.15) is 0 Å². The van der Waals surface area contributed by atoms with Gasteiger partial charge in [-0.1, -0.05) is 91.2 Å². The van der Waals surface area contributed by atoms with Crippen LogP contribution in [0, 0.1) is 5.92 Å². The van der Waals surface area contributed by atoms with Crippen LogP contribution in [-0.2, 0) is 43.5 Å². The Labute approximate surface area is 364 Å². The van der Waals surface area contributed by atoms with Gasteiger partial charge in [-0.15, -0.1) is 11.7 Å². The quantitative estimate of drug-likeness (QED) is 0.0338. The smallest absolute Gasteiger partial charge is 0.329 e. The maximum atomic E-state index is 14.1. The number of ether oxygens (including phenoxy) is 1. The van der Waals surface area contributed by atoms with Gasteiger partial charge in [0, 0.05) is 42.0 Å². The Kier molecular flexibility index (Phi) is 16.7. The fourth-order valence-electron chi connectivity index (χ4n) is 7.39. The molecule has 3 aromatic carbocycles. The minimum Gasteiger partial charge on any atom is -0.481 e. The standard InChI is InChI=1S/C43H50Cl2N2O9S3/c1-4-5-6-7-11-31(58-57)12-9-14-33(42(50)51)26(2)56-43(52)36(22-27-10-8-13-32(21-27)59(3,53)54)46-40(48)38-35(44)23-30-25-47(19-17-34(30)39(38)45)41(49)29-16-15-28-18-20-55-37(28)24-29/h8,10,13,15-16,18,20-21,23-24,26,31,33,36,57H,4-7,9,11-12,14,17,19,22,25H2,1-3H3,(H,46,48)(H,50,51). The molecule has 4 atom stereocenters. The van der Waals surface area contributed by atoms with E-state index in [9.17, 15) is 32.7 Å². The highest BCUT2D eigenvalue weighted by Gasteiger charge is 2.34. The molecule has 0 bridgehead atoms. The predicted octanol–water partition coefficient (Wildman–Crippen LogP) is 9.40. The van der Waals surface area contributed by atoms with Crippen molar-refractivity contribution in [2.75, 3.05) is 12.8 Å². The molecule has 16 heteroatoms. The van der Waals surface area contributed by atoms with E-state index in [4.69, 9.17) is 32.4 Å². The third-order valence-corrected chi connectivity index (χ3v) is 14.2. The zero-order chi connectivity index (χ0) is 42.9. The minimum atomic E-state index is -3.60. The van der Waals surface area contributed by atoms with Crippen molar-refractivity contribution in [1.29, 1.82) is 0 Å². The number of carbonyl (C=O) groups excluding carboxylic acids is 3. The van der Waals surface area contributed by atoms with Gasteiger partial charge < -0.3 is 24.5 Å². The second kappa shape index (κ2) is 21.2. The van der Waals surface area contributed by atoms with Gasteiger partial charge in [0.25, 0.3) is 11.8 Å². The van der Waals surface area contributed by atoms with Crippen LogP contribution in [0.15, 0.2) is 70.2 Å². The summed E-state index contributed by atoms with van der Waals surface area (Å²) in [5, 5.41) is 14.1. The summed E-state index contributed by atoms with van der Waals surface area (Å²) >= 11 is 18.0. The molecule has 0 saturated heterocycles. The van der Waals surface area contributed by atoms with Crippen molar-refractivity contribution in [2.45, 2.75) is 107 Å². The fraction of sp³-hybridized carbons (Fsp3) is 0.442. The molecular weight excluding hydrogens is 856 g/mol. The second-order valence-electron chi connectivity index (χ2n) is 15.1. The first-order valence-electron chi connectivity index (χ1n) is 19.7. The van der Waals surface area contributed by atoms with Gasteiger partial charge in [0.05, 0.1) is 32.7 Å². The molecule has 5 rings (SSSR count). The van der Waals surface area contributed by atoms with Crippen LogP contribution in [0.25, 0.3) is 11.0 Å². The summed E-state index contributed by atoms with van der Waals surface area (Å²) in [4.78, 5) is 55.6. The molecule has 4 unspecified atom stereocenters. The number of amides is 2. The summed E-state index contributed by atoms with van der Waals surface area (Å²) in [5.41, 5.74) is 2.67. The summed E-state index contributed by atoms with van der Waals surface area (Å²) in [5.74, 6) is -4.03. The molecule has 0 fully saturated rings. The van der Waals surface area contributed by atoms with Crippen molar-refractivity contribution in [3.05, 3.63) is 98.7 Å². The Hall–Kier alpha value is -3.69. The number of nitrogens with zero attached hydrogens (tertiary/aromatic N) is 1. The number of benzene rings is 3. The molecule has 1 aromatic heterocycles. The zero-order valence-corrected chi connectivity index (χ0v) is 37.3. The van der Waals surface area contributed by atoms with Gasteiger partial charge in [0.1, 0.15) is 17.7 Å². The lowest BCUT2D eigenvalue weighted by Crippen LogP contribution is -2.45. The lowest BCUT2D eigenvalue weighted by Gasteiger charge is -2.30. The van der Waals surface area contributed by atoms with Crippen molar-refractivity contribution >= 4 is 90.2 Å². The second-order valence-corrected chi connectivity index (χ2v) is 19.4. The normalized spacial score (nSPS) is 14.9. The van der Waals surface area contributed by atoms with Crippen LogP contribution in [0.1, 0.15) is 103 Å². The Balaban J connectivity index is 1.33. The number of aliphatic carboxylic acids is 1. The highest BCUT2D eigenvalue weighted by atomic mass is 35.5. The summed E-state index contributed by atoms with van der Waals surface area (Å²) in [6.45, 7) is 4.16. The van der Waals surface area contributed by atoms with Crippen LogP contribution < -0.4 is 5.32 Å². The van der Waals surface area contributed by atoms with Gasteiger partial charge in [-0.05, 0) is 85.7 Å². The van der Waals surface area contributed by atoms with Crippen LogP contribution in [0.4, 0.5) is 0 Å². The van der Waals surface area contributed by atoms with E-state index >= 15 is 0 Å². The summed E-state index contributed by atoms with van der Waals surface area (Å²) < 4.78 is 36.0. The van der Waals surface area contributed by atoms with Gasteiger partial charge in [0.15, 0.2) is 9.84 Å². The van der Waals surface area contributed by atoms with Gasteiger partial charge in [-0.25, -0.2) is 13.2 Å². The molecule has 0 spiro atoms. The van der Waals surface area contributed by atoms with Gasteiger partial charge in [0.2, 0.25) is 0 Å². The summed E-state index contributed by atoms with van der Waals surface area (Å²) in [6.07, 6.45) is 8.82. The average Bonchev–Trinajstić information content (AvgIpc) is 3.67. The van der Waals surface area contributed by atoms with Crippen LogP contribution >= 0.6 is 45.7 Å². The van der Waals surface area contributed by atoms with E-state index in [0.29, 0.717) is 47.2 Å². The predicted molar refractivity (Wildman–Crippen MR) is 235 cm³/mol. The van der Waals surface area contributed by atoms with Crippen molar-refractivity contribution in [3.8, 4) is 0 Å². The van der Waals surface area contributed by atoms with Crippen molar-refractivity contribution in [3.63, 3.8) is 0 Å². The highest BCUT2D eigenvalue weighted by Crippen LogP contribution is 2.36. The topological polar surface area (TPSA) is 160 Å². The van der Waals surface area contributed by atoms with Crippen LogP contribution in [0.2, 0.25) is 10.0 Å². The van der Waals surface area contributed by atoms with Crippen molar-refractivity contribution < 1.29 is 41.9 Å². The molecule has 11 nitrogen and oxygen atoms in total. The molecule has 0 radical (unpaired) electrons. The highest BCUT2D eigenvalue weighted by molar-refractivity contribution is 8.68. The number of hydrogen-bond acceptors (Lipinski definition) is 10. The largest absolute Gasteiger partial charge is 0.481 e. The third-order valence-electron chi connectivity index (χ3n) is 10.7. The molecule has 318 valence electrons. The lowest BCUT2D eigenvalue weighted by atomic mass is 9.95. The van der Waals surface area contributed by atoms with Crippen LogP contribution in [0.5, 0.6) is 0 Å². The number of unbranched alkanes of at least 4 members (excludes halogenated alkanes) is 3. The molecule has 0 aliphatic carbocycles. The molecule has 2 amide bonds. The Morgan fingerprint density at radius 2 is 1.78 bits per heavy atom. The first-order chi connectivity index (χ1) is 28.1. The molecular formula is C43H50Cl2N2O9S3. The molecule has 4 aromatic rings. The maximum absolute atomic E-state index is 14.1. The first kappa shape index (κ1) is 46.4. The summed E-state index contributed by atoms with van der Waals surface area (Å²) in [7, 11) is -2.13. The average molecular weight is 906 g/mol. The number of carboxylic acid groups (broad SMARTS) is 1. The van der Waals surface area contributed by atoms with Crippen molar-refractivity contribution in [2.24, 2.45) is 5.92 Å². The van der Waals surface area contributed by atoms with E-state index in [2.05, 4.69) is 23.9 Å². The number of halogens is 2. The zero-order valence-electron chi connectivity index (χ0n) is 33.2. The van der Waals surface area contributed by atoms with E-state index < -0.39 is 45.7 Å². The number of furan rings is 1. The maximum Gasteiger partial charge on any atom is 0.329 e.